The summed E-state index contributed by atoms with van der Waals surface area (Å²) < 4.78 is 10.9. The second-order valence-electron chi connectivity index (χ2n) is 6.07. The quantitative estimate of drug-likeness (QED) is 0.860. The molecule has 1 aromatic heterocycles. The zero-order valence-electron chi connectivity index (χ0n) is 12.3. The maximum atomic E-state index is 11.6. The van der Waals surface area contributed by atoms with Crippen molar-refractivity contribution in [3.8, 4) is 0 Å². The fourth-order valence-corrected chi connectivity index (χ4v) is 3.37. The minimum atomic E-state index is -0.424. The van der Waals surface area contributed by atoms with Gasteiger partial charge in [0, 0.05) is 6.92 Å². The number of amides is 1. The molecule has 1 aliphatic carbocycles. The molecule has 0 radical (unpaired) electrons. The molecule has 2 atom stereocenters. The Bertz CT molecular complexity index is 530. The number of rotatable bonds is 4. The van der Waals surface area contributed by atoms with E-state index in [0.717, 1.165) is 6.42 Å². The number of cyclic esters (lactones) is 1. The third-order valence-electron chi connectivity index (χ3n) is 4.47. The number of hydrogen-bond acceptors (Lipinski definition) is 4. The smallest absolute Gasteiger partial charge is 0.408 e. The highest BCUT2D eigenvalue weighted by Crippen LogP contribution is 2.35. The summed E-state index contributed by atoms with van der Waals surface area (Å²) in [7, 11) is 0. The lowest BCUT2D eigenvalue weighted by Crippen LogP contribution is -2.30. The molecule has 1 N–H and O–H groups in total. The molecule has 2 heterocycles. The van der Waals surface area contributed by atoms with Crippen LogP contribution in [0.1, 0.15) is 67.9 Å². The van der Waals surface area contributed by atoms with Crippen molar-refractivity contribution in [2.45, 2.75) is 57.6 Å². The van der Waals surface area contributed by atoms with E-state index >= 15 is 0 Å². The second-order valence-corrected chi connectivity index (χ2v) is 6.07. The normalized spacial score (nSPS) is 26.4. The van der Waals surface area contributed by atoms with E-state index in [9.17, 15) is 9.59 Å². The third-order valence-corrected chi connectivity index (χ3v) is 4.47. The number of ether oxygens (including phenoxy) is 1. The number of nitrogens with one attached hydrogen (secondary N) is 1. The van der Waals surface area contributed by atoms with Crippen molar-refractivity contribution in [1.29, 1.82) is 0 Å². The van der Waals surface area contributed by atoms with E-state index in [2.05, 4.69) is 5.32 Å². The van der Waals surface area contributed by atoms with Gasteiger partial charge in [0.2, 0.25) is 0 Å². The van der Waals surface area contributed by atoms with Gasteiger partial charge in [0.25, 0.3) is 0 Å². The predicted molar refractivity (Wildman–Crippen MR) is 76.1 cm³/mol. The van der Waals surface area contributed by atoms with Gasteiger partial charge < -0.3 is 14.5 Å². The number of hydrogen-bond donors (Lipinski definition) is 1. The van der Waals surface area contributed by atoms with Crippen LogP contribution < -0.4 is 5.32 Å². The number of carbonyl (C=O) groups is 2. The van der Waals surface area contributed by atoms with Crippen molar-refractivity contribution in [2.24, 2.45) is 5.92 Å². The van der Waals surface area contributed by atoms with Gasteiger partial charge in [-0.05, 0) is 24.5 Å². The van der Waals surface area contributed by atoms with Gasteiger partial charge >= 0.3 is 6.09 Å². The molecule has 5 nitrogen and oxygen atoms in total. The van der Waals surface area contributed by atoms with E-state index in [1.165, 1.54) is 39.0 Å². The Morgan fingerprint density at radius 2 is 2.05 bits per heavy atom. The molecule has 1 amide bonds. The highest BCUT2D eigenvalue weighted by atomic mass is 16.6. The topological polar surface area (TPSA) is 68.5 Å². The lowest BCUT2D eigenvalue weighted by atomic mass is 9.83. The molecule has 0 bridgehead atoms. The van der Waals surface area contributed by atoms with Gasteiger partial charge in [0.05, 0.1) is 6.04 Å². The zero-order valence-corrected chi connectivity index (χ0v) is 12.3. The number of furan rings is 1. The van der Waals surface area contributed by atoms with Gasteiger partial charge in [0.15, 0.2) is 17.6 Å². The largest absolute Gasteiger partial charge is 0.454 e. The van der Waals surface area contributed by atoms with Crippen LogP contribution in [0.25, 0.3) is 0 Å². The van der Waals surface area contributed by atoms with Crippen molar-refractivity contribution in [3.63, 3.8) is 0 Å². The molecule has 21 heavy (non-hydrogen) atoms. The van der Waals surface area contributed by atoms with Crippen LogP contribution in [0.4, 0.5) is 4.79 Å². The summed E-state index contributed by atoms with van der Waals surface area (Å²) in [5.41, 5.74) is 0. The summed E-state index contributed by atoms with van der Waals surface area (Å²) in [6, 6.07) is 3.31. The van der Waals surface area contributed by atoms with Crippen molar-refractivity contribution in [2.75, 3.05) is 0 Å². The van der Waals surface area contributed by atoms with E-state index in [1.807, 2.05) is 0 Å². The number of carbonyl (C=O) groups excluding carboxylic acids is 2. The first kappa shape index (κ1) is 14.2. The Hall–Kier alpha value is -1.78. The lowest BCUT2D eigenvalue weighted by molar-refractivity contribution is 0.0957. The first-order valence-corrected chi connectivity index (χ1v) is 7.71. The van der Waals surface area contributed by atoms with Gasteiger partial charge in [-0.3, -0.25) is 4.79 Å². The van der Waals surface area contributed by atoms with Gasteiger partial charge in [-0.25, -0.2) is 4.79 Å². The van der Waals surface area contributed by atoms with Crippen LogP contribution in [0, 0.1) is 5.92 Å². The SMILES string of the molecule is CC(=O)c1ccc(C2OC(=O)N[C@H]2CC2CCCCC2)o1. The molecule has 0 spiro atoms. The minimum Gasteiger partial charge on any atom is -0.454 e. The molecule has 1 aliphatic heterocycles. The summed E-state index contributed by atoms with van der Waals surface area (Å²) in [5.74, 6) is 1.38. The predicted octanol–water partition coefficient (Wildman–Crippen LogP) is 3.60. The van der Waals surface area contributed by atoms with Crippen LogP contribution in [-0.4, -0.2) is 17.9 Å². The summed E-state index contributed by atoms with van der Waals surface area (Å²) in [6.07, 6.45) is 6.37. The summed E-state index contributed by atoms with van der Waals surface area (Å²) in [4.78, 5) is 22.9. The minimum absolute atomic E-state index is 0.0634. The summed E-state index contributed by atoms with van der Waals surface area (Å²) >= 11 is 0. The monoisotopic (exact) mass is 291 g/mol. The highest BCUT2D eigenvalue weighted by Gasteiger charge is 2.38. The molecule has 1 unspecified atom stereocenters. The van der Waals surface area contributed by atoms with Crippen LogP contribution in [0.2, 0.25) is 0 Å². The molecule has 0 aromatic carbocycles. The van der Waals surface area contributed by atoms with Crippen LogP contribution in [-0.2, 0) is 4.74 Å². The Labute approximate surface area is 124 Å². The van der Waals surface area contributed by atoms with Crippen LogP contribution >= 0.6 is 0 Å². The fourth-order valence-electron chi connectivity index (χ4n) is 3.37. The van der Waals surface area contributed by atoms with Crippen molar-refractivity contribution in [1.82, 2.24) is 5.32 Å². The van der Waals surface area contributed by atoms with E-state index in [-0.39, 0.29) is 11.8 Å². The van der Waals surface area contributed by atoms with Gasteiger partial charge in [-0.15, -0.1) is 0 Å². The maximum Gasteiger partial charge on any atom is 0.408 e. The Balaban J connectivity index is 1.71. The average molecular weight is 291 g/mol. The number of Topliss-reactive ketones (excluding diaryl/α,β-unsaturated/α-hetero) is 1. The van der Waals surface area contributed by atoms with Crippen molar-refractivity contribution < 1.29 is 18.7 Å². The Morgan fingerprint density at radius 1 is 1.29 bits per heavy atom. The van der Waals surface area contributed by atoms with Gasteiger partial charge in [0.1, 0.15) is 5.76 Å². The second kappa shape index (κ2) is 5.92. The Morgan fingerprint density at radius 3 is 2.71 bits per heavy atom. The molecule has 2 aliphatic rings. The maximum absolute atomic E-state index is 11.6. The highest BCUT2D eigenvalue weighted by molar-refractivity contribution is 5.91. The average Bonchev–Trinajstić information content (AvgIpc) is 3.07. The molecule has 2 fully saturated rings. The third kappa shape index (κ3) is 3.12. The molecular weight excluding hydrogens is 270 g/mol. The number of ketones is 1. The molecule has 1 saturated heterocycles. The molecular formula is C16H21NO4. The lowest BCUT2D eigenvalue weighted by Gasteiger charge is -2.25. The van der Waals surface area contributed by atoms with Crippen LogP contribution in [0.5, 0.6) is 0 Å². The first-order chi connectivity index (χ1) is 10.1. The Kier molecular flexibility index (Phi) is 3.99. The fraction of sp³-hybridized carbons (Fsp3) is 0.625. The van der Waals surface area contributed by atoms with Crippen LogP contribution in [0.3, 0.4) is 0 Å². The summed E-state index contributed by atoms with van der Waals surface area (Å²) in [6.45, 7) is 1.46. The molecule has 3 rings (SSSR count). The van der Waals surface area contributed by atoms with Crippen LogP contribution in [0.15, 0.2) is 16.5 Å². The summed E-state index contributed by atoms with van der Waals surface area (Å²) in [5, 5.41) is 2.88. The molecule has 1 saturated carbocycles. The van der Waals surface area contributed by atoms with E-state index in [4.69, 9.17) is 9.15 Å². The first-order valence-electron chi connectivity index (χ1n) is 7.71. The molecule has 1 aromatic rings. The number of alkyl carbamates (subject to hydrolysis) is 1. The molecule has 114 valence electrons. The van der Waals surface area contributed by atoms with Crippen molar-refractivity contribution in [3.05, 3.63) is 23.7 Å². The van der Waals surface area contributed by atoms with Crippen molar-refractivity contribution >= 4 is 11.9 Å². The van der Waals surface area contributed by atoms with E-state index in [0.29, 0.717) is 17.4 Å². The van der Waals surface area contributed by atoms with E-state index in [1.54, 1.807) is 12.1 Å². The zero-order chi connectivity index (χ0) is 14.8. The van der Waals surface area contributed by atoms with Gasteiger partial charge in [-0.1, -0.05) is 32.1 Å². The standard InChI is InChI=1S/C16H21NO4/c1-10(18)13-7-8-14(20-13)15-12(17-16(19)21-15)9-11-5-3-2-4-6-11/h7-8,11-12,15H,2-6,9H2,1H3,(H,17,19)/t12-,15?/m0/s1. The van der Waals surface area contributed by atoms with Gasteiger partial charge in [-0.2, -0.15) is 0 Å². The molecule has 5 heteroatoms. The van der Waals surface area contributed by atoms with E-state index < -0.39 is 12.2 Å².